The third-order valence-electron chi connectivity index (χ3n) is 3.14. The van der Waals surface area contributed by atoms with E-state index in [1.54, 1.807) is 0 Å². The summed E-state index contributed by atoms with van der Waals surface area (Å²) in [6.45, 7) is 1.78. The lowest BCUT2D eigenvalue weighted by Gasteiger charge is -2.20. The van der Waals surface area contributed by atoms with Crippen molar-refractivity contribution in [2.75, 3.05) is 11.4 Å². The molecule has 0 saturated carbocycles. The Morgan fingerprint density at radius 3 is 2.59 bits per heavy atom. The summed E-state index contributed by atoms with van der Waals surface area (Å²) < 4.78 is 0. The first-order valence-electron chi connectivity index (χ1n) is 5.64. The van der Waals surface area contributed by atoms with Crippen LogP contribution >= 0.6 is 0 Å². The molecule has 2 heterocycles. The van der Waals surface area contributed by atoms with Crippen LogP contribution in [0.25, 0.3) is 0 Å². The number of benzene rings is 1. The molecule has 17 heavy (non-hydrogen) atoms. The third-order valence-corrected chi connectivity index (χ3v) is 3.14. The predicted octanol–water partition coefficient (Wildman–Crippen LogP) is 0.762. The van der Waals surface area contributed by atoms with E-state index in [1.165, 1.54) is 28.2 Å². The quantitative estimate of drug-likeness (QED) is 0.722. The van der Waals surface area contributed by atoms with Gasteiger partial charge in [-0.3, -0.25) is 9.59 Å². The maximum Gasteiger partial charge on any atom is 0.258 e. The average molecular weight is 228 g/mol. The lowest BCUT2D eigenvalue weighted by atomic mass is 10.0. The van der Waals surface area contributed by atoms with E-state index in [0.29, 0.717) is 5.69 Å². The molecule has 1 aromatic carbocycles. The van der Waals surface area contributed by atoms with E-state index in [2.05, 4.69) is 5.32 Å². The largest absolute Gasteiger partial charge is 0.312 e. The molecule has 1 aromatic rings. The number of anilines is 1. The van der Waals surface area contributed by atoms with E-state index in [1.807, 2.05) is 18.2 Å². The van der Waals surface area contributed by atoms with Crippen LogP contribution in [0.2, 0.25) is 0 Å². The highest BCUT2D eigenvalue weighted by molar-refractivity contribution is 6.28. The van der Waals surface area contributed by atoms with Crippen molar-refractivity contribution in [3.05, 3.63) is 41.5 Å². The smallest absolute Gasteiger partial charge is 0.258 e. The van der Waals surface area contributed by atoms with Crippen LogP contribution in [0.3, 0.4) is 0 Å². The van der Waals surface area contributed by atoms with Crippen molar-refractivity contribution in [2.45, 2.75) is 13.0 Å². The summed E-state index contributed by atoms with van der Waals surface area (Å²) in [6, 6.07) is 5.77. The summed E-state index contributed by atoms with van der Waals surface area (Å²) in [5.74, 6) is -0.530. The zero-order valence-electron chi connectivity index (χ0n) is 9.27. The molecule has 0 saturated heterocycles. The molecule has 4 nitrogen and oxygen atoms in total. The number of carbonyl (C=O) groups excluding carboxylic acids is 2. The molecule has 86 valence electrons. The van der Waals surface area contributed by atoms with Crippen molar-refractivity contribution in [1.82, 2.24) is 5.32 Å². The molecule has 2 aliphatic rings. The Kier molecular flexibility index (Phi) is 2.30. The molecule has 0 radical (unpaired) electrons. The van der Waals surface area contributed by atoms with Gasteiger partial charge in [0.2, 0.25) is 0 Å². The van der Waals surface area contributed by atoms with E-state index < -0.39 is 0 Å². The van der Waals surface area contributed by atoms with Crippen LogP contribution < -0.4 is 10.2 Å². The van der Waals surface area contributed by atoms with Gasteiger partial charge >= 0.3 is 0 Å². The molecule has 0 aliphatic carbocycles. The van der Waals surface area contributed by atoms with Crippen LogP contribution in [0.1, 0.15) is 11.1 Å². The summed E-state index contributed by atoms with van der Waals surface area (Å²) in [5.41, 5.74) is 3.12. The fourth-order valence-corrected chi connectivity index (χ4v) is 2.26. The molecule has 4 heteroatoms. The van der Waals surface area contributed by atoms with Crippen molar-refractivity contribution >= 4 is 17.5 Å². The number of rotatable bonds is 1. The van der Waals surface area contributed by atoms with Gasteiger partial charge in [-0.2, -0.15) is 0 Å². The lowest BCUT2D eigenvalue weighted by molar-refractivity contribution is -0.119. The summed E-state index contributed by atoms with van der Waals surface area (Å²) in [4.78, 5) is 24.3. The average Bonchev–Trinajstić information content (AvgIpc) is 2.68. The Balaban J connectivity index is 1.99. The van der Waals surface area contributed by atoms with Gasteiger partial charge in [0.1, 0.15) is 0 Å². The van der Waals surface area contributed by atoms with Crippen LogP contribution in [0.4, 0.5) is 5.69 Å². The van der Waals surface area contributed by atoms with Crippen molar-refractivity contribution < 1.29 is 9.59 Å². The van der Waals surface area contributed by atoms with Crippen molar-refractivity contribution in [3.63, 3.8) is 0 Å². The van der Waals surface area contributed by atoms with Gasteiger partial charge in [-0.05, 0) is 36.2 Å². The van der Waals surface area contributed by atoms with E-state index in [-0.39, 0.29) is 11.8 Å². The number of hydrogen-bond acceptors (Lipinski definition) is 3. The molecular weight excluding hydrogens is 216 g/mol. The number of fused-ring (bicyclic) bond motifs is 1. The molecule has 0 bridgehead atoms. The van der Waals surface area contributed by atoms with E-state index in [0.717, 1.165) is 19.5 Å². The van der Waals surface area contributed by atoms with E-state index in [4.69, 9.17) is 0 Å². The summed E-state index contributed by atoms with van der Waals surface area (Å²) >= 11 is 0. The van der Waals surface area contributed by atoms with Crippen LogP contribution in [0.5, 0.6) is 0 Å². The van der Waals surface area contributed by atoms with Crippen molar-refractivity contribution in [2.24, 2.45) is 0 Å². The van der Waals surface area contributed by atoms with Crippen LogP contribution in [0.15, 0.2) is 30.4 Å². The van der Waals surface area contributed by atoms with Crippen molar-refractivity contribution in [1.29, 1.82) is 0 Å². The zero-order chi connectivity index (χ0) is 11.8. The van der Waals surface area contributed by atoms with Gasteiger partial charge in [0, 0.05) is 18.7 Å². The Labute approximate surface area is 98.9 Å². The molecular formula is C13H12N2O2. The summed E-state index contributed by atoms with van der Waals surface area (Å²) in [5, 5.41) is 3.28. The summed E-state index contributed by atoms with van der Waals surface area (Å²) in [6.07, 6.45) is 3.61. The molecule has 0 atom stereocenters. The predicted molar refractivity (Wildman–Crippen MR) is 63.5 cm³/mol. The first kappa shape index (κ1) is 10.2. The van der Waals surface area contributed by atoms with Crippen molar-refractivity contribution in [3.8, 4) is 0 Å². The molecule has 2 amide bonds. The molecule has 0 aromatic heterocycles. The van der Waals surface area contributed by atoms with Gasteiger partial charge in [-0.15, -0.1) is 0 Å². The first-order valence-corrected chi connectivity index (χ1v) is 5.64. The van der Waals surface area contributed by atoms with Gasteiger partial charge in [-0.1, -0.05) is 6.07 Å². The fraction of sp³-hybridized carbons (Fsp3) is 0.231. The number of amides is 2. The summed E-state index contributed by atoms with van der Waals surface area (Å²) in [7, 11) is 0. The number of hydrogen-bond donors (Lipinski definition) is 1. The minimum atomic E-state index is -0.265. The van der Waals surface area contributed by atoms with Gasteiger partial charge < -0.3 is 5.32 Å². The van der Waals surface area contributed by atoms with Gasteiger partial charge in [0.15, 0.2) is 0 Å². The van der Waals surface area contributed by atoms with Gasteiger partial charge in [-0.25, -0.2) is 4.90 Å². The Morgan fingerprint density at radius 1 is 1.06 bits per heavy atom. The van der Waals surface area contributed by atoms with E-state index in [9.17, 15) is 9.59 Å². The molecule has 2 aliphatic heterocycles. The second-order valence-electron chi connectivity index (χ2n) is 4.23. The highest BCUT2D eigenvalue weighted by Gasteiger charge is 2.25. The topological polar surface area (TPSA) is 49.4 Å². The highest BCUT2D eigenvalue weighted by Crippen LogP contribution is 2.24. The molecule has 0 fully saturated rings. The number of carbonyl (C=O) groups is 2. The highest BCUT2D eigenvalue weighted by atomic mass is 16.2. The van der Waals surface area contributed by atoms with Crippen LogP contribution in [-0.2, 0) is 22.6 Å². The minimum Gasteiger partial charge on any atom is -0.312 e. The first-order chi connectivity index (χ1) is 8.25. The second kappa shape index (κ2) is 3.82. The molecule has 0 unspecified atom stereocenters. The molecule has 0 spiro atoms. The molecule has 3 rings (SSSR count). The number of nitrogens with zero attached hydrogens (tertiary/aromatic N) is 1. The number of imide groups is 1. The monoisotopic (exact) mass is 228 g/mol. The zero-order valence-corrected chi connectivity index (χ0v) is 9.27. The van der Waals surface area contributed by atoms with E-state index >= 15 is 0 Å². The second-order valence-corrected chi connectivity index (χ2v) is 4.23. The molecule has 1 N–H and O–H groups in total. The Bertz CT molecular complexity index is 516. The third kappa shape index (κ3) is 1.66. The Morgan fingerprint density at radius 2 is 1.82 bits per heavy atom. The maximum absolute atomic E-state index is 11.6. The van der Waals surface area contributed by atoms with Gasteiger partial charge in [0.05, 0.1) is 5.69 Å². The minimum absolute atomic E-state index is 0.265. The standard InChI is InChI=1S/C13H12N2O2/c16-12-3-4-13(17)15(12)11-2-1-9-5-6-14-8-10(9)7-11/h1-4,7,14H,5-6,8H2. The van der Waals surface area contributed by atoms with Gasteiger partial charge in [0.25, 0.3) is 11.8 Å². The SMILES string of the molecule is O=C1C=CC(=O)N1c1ccc2c(c1)CNCC2. The van der Waals surface area contributed by atoms with Crippen LogP contribution in [0, 0.1) is 0 Å². The Hall–Kier alpha value is -1.94. The maximum atomic E-state index is 11.6. The fourth-order valence-electron chi connectivity index (χ4n) is 2.26. The number of nitrogens with one attached hydrogen (secondary N) is 1. The normalized spacial score (nSPS) is 18.7. The van der Waals surface area contributed by atoms with Crippen LogP contribution in [-0.4, -0.2) is 18.4 Å². The lowest BCUT2D eigenvalue weighted by Crippen LogP contribution is -2.30.